The molecule has 0 bridgehead atoms. The van der Waals surface area contributed by atoms with Crippen LogP contribution in [-0.2, 0) is 0 Å². The van der Waals surface area contributed by atoms with E-state index in [1.807, 2.05) is 12.1 Å². The van der Waals surface area contributed by atoms with Crippen molar-refractivity contribution < 1.29 is 4.42 Å². The second-order valence-electron chi connectivity index (χ2n) is 17.7. The average molecular weight is 866 g/mol. The Bertz CT molecular complexity index is 3980. The molecule has 0 fully saturated rings. The van der Waals surface area contributed by atoms with Crippen molar-refractivity contribution in [3.63, 3.8) is 0 Å². The molecule has 68 heavy (non-hydrogen) atoms. The lowest BCUT2D eigenvalue weighted by Crippen LogP contribution is -2.10. The Kier molecular flexibility index (Phi) is 9.54. The van der Waals surface area contributed by atoms with Gasteiger partial charge in [-0.15, -0.1) is 0 Å². The lowest BCUT2D eigenvalue weighted by Gasteiger charge is -2.28. The Labute approximate surface area is 395 Å². The van der Waals surface area contributed by atoms with Crippen LogP contribution in [0.5, 0.6) is 0 Å². The summed E-state index contributed by atoms with van der Waals surface area (Å²) in [5, 5.41) is 9.64. The van der Waals surface area contributed by atoms with Crippen LogP contribution in [0.25, 0.3) is 110 Å². The summed E-state index contributed by atoms with van der Waals surface area (Å²) in [5.41, 5.74) is 17.0. The first kappa shape index (κ1) is 39.4. The molecular weight excluding hydrogens is 823 g/mol. The van der Waals surface area contributed by atoms with E-state index < -0.39 is 0 Å². The predicted octanol–water partition coefficient (Wildman–Crippen LogP) is 18.9. The first-order valence-corrected chi connectivity index (χ1v) is 23.3. The Morgan fingerprint density at radius 2 is 0.676 bits per heavy atom. The maximum Gasteiger partial charge on any atom is 0.136 e. The number of furan rings is 1. The smallest absolute Gasteiger partial charge is 0.136 e. The van der Waals surface area contributed by atoms with Gasteiger partial charge in [0.1, 0.15) is 11.2 Å². The van der Waals surface area contributed by atoms with Gasteiger partial charge < -0.3 is 9.32 Å². The number of nitrogens with zero attached hydrogens (tertiary/aromatic N) is 1. The van der Waals surface area contributed by atoms with E-state index in [0.29, 0.717) is 0 Å². The topological polar surface area (TPSA) is 16.4 Å². The first-order valence-electron chi connectivity index (χ1n) is 23.3. The third-order valence-electron chi connectivity index (χ3n) is 13.7. The molecule has 1 aromatic heterocycles. The van der Waals surface area contributed by atoms with E-state index in [0.717, 1.165) is 55.7 Å². The van der Waals surface area contributed by atoms with E-state index >= 15 is 0 Å². The molecule has 0 saturated heterocycles. The van der Waals surface area contributed by atoms with Gasteiger partial charge in [-0.1, -0.05) is 200 Å². The highest BCUT2D eigenvalue weighted by Gasteiger charge is 2.19. The summed E-state index contributed by atoms with van der Waals surface area (Å²) in [6.07, 6.45) is 0. The van der Waals surface area contributed by atoms with Crippen molar-refractivity contribution in [3.8, 4) is 55.6 Å². The second-order valence-corrected chi connectivity index (χ2v) is 17.7. The zero-order chi connectivity index (χ0) is 45.0. The van der Waals surface area contributed by atoms with Gasteiger partial charge in [0.2, 0.25) is 0 Å². The summed E-state index contributed by atoms with van der Waals surface area (Å²) in [5.74, 6) is 0. The van der Waals surface area contributed by atoms with Crippen molar-refractivity contribution in [1.82, 2.24) is 0 Å². The number of anilines is 3. The monoisotopic (exact) mass is 865 g/mol. The van der Waals surface area contributed by atoms with Gasteiger partial charge in [0, 0.05) is 27.5 Å². The van der Waals surface area contributed by atoms with Gasteiger partial charge in [-0.2, -0.15) is 0 Å². The van der Waals surface area contributed by atoms with Crippen molar-refractivity contribution in [2.24, 2.45) is 0 Å². The van der Waals surface area contributed by atoms with Crippen molar-refractivity contribution >= 4 is 71.3 Å². The Balaban J connectivity index is 0.873. The molecule has 13 rings (SSSR count). The van der Waals surface area contributed by atoms with Crippen LogP contribution in [0.15, 0.2) is 265 Å². The number of hydrogen-bond acceptors (Lipinski definition) is 2. The molecular formula is C66H43NO. The van der Waals surface area contributed by atoms with Crippen molar-refractivity contribution in [2.75, 3.05) is 4.90 Å². The van der Waals surface area contributed by atoms with Crippen molar-refractivity contribution in [3.05, 3.63) is 261 Å². The number of hydrogen-bond donors (Lipinski definition) is 0. The molecule has 0 aliphatic carbocycles. The molecule has 0 saturated carbocycles. The van der Waals surface area contributed by atoms with E-state index in [4.69, 9.17) is 4.42 Å². The van der Waals surface area contributed by atoms with Crippen LogP contribution < -0.4 is 4.90 Å². The largest absolute Gasteiger partial charge is 0.456 e. The molecule has 0 unspecified atom stereocenters. The fraction of sp³-hybridized carbons (Fsp3) is 0. The summed E-state index contributed by atoms with van der Waals surface area (Å²) >= 11 is 0. The zero-order valence-electron chi connectivity index (χ0n) is 37.2. The molecule has 0 N–H and O–H groups in total. The highest BCUT2D eigenvalue weighted by Crippen LogP contribution is 2.44. The van der Waals surface area contributed by atoms with E-state index in [9.17, 15) is 0 Å². The van der Waals surface area contributed by atoms with E-state index in [-0.39, 0.29) is 0 Å². The summed E-state index contributed by atoms with van der Waals surface area (Å²) < 4.78 is 6.22. The fourth-order valence-electron chi connectivity index (χ4n) is 10.2. The molecule has 318 valence electrons. The quantitative estimate of drug-likeness (QED) is 0.142. The minimum absolute atomic E-state index is 0.908. The molecule has 2 heteroatoms. The highest BCUT2D eigenvalue weighted by atomic mass is 16.3. The Morgan fingerprint density at radius 1 is 0.235 bits per heavy atom. The molecule has 0 amide bonds. The number of rotatable bonds is 8. The lowest BCUT2D eigenvalue weighted by atomic mass is 9.92. The normalized spacial score (nSPS) is 11.5. The average Bonchev–Trinajstić information content (AvgIpc) is 3.79. The van der Waals surface area contributed by atoms with Gasteiger partial charge in [-0.05, 0) is 143 Å². The third-order valence-corrected chi connectivity index (χ3v) is 13.7. The van der Waals surface area contributed by atoms with Crippen LogP contribution in [0.1, 0.15) is 0 Å². The summed E-state index contributed by atoms with van der Waals surface area (Å²) in [4.78, 5) is 2.42. The van der Waals surface area contributed by atoms with Crippen LogP contribution in [-0.4, -0.2) is 0 Å². The van der Waals surface area contributed by atoms with Crippen LogP contribution in [0.4, 0.5) is 17.1 Å². The molecule has 0 atom stereocenters. The number of benzene rings is 12. The van der Waals surface area contributed by atoms with Gasteiger partial charge in [-0.25, -0.2) is 0 Å². The first-order chi connectivity index (χ1) is 33.7. The van der Waals surface area contributed by atoms with Crippen molar-refractivity contribution in [1.29, 1.82) is 0 Å². The van der Waals surface area contributed by atoms with Gasteiger partial charge >= 0.3 is 0 Å². The van der Waals surface area contributed by atoms with Gasteiger partial charge in [0.25, 0.3) is 0 Å². The SMILES string of the molecule is c1ccc(-c2ccc(-c3cc(-c4ccc(N(c5ccc(-c6ccc(-c7ccc8c(c7)oc7ccccc78)cc6)cc5)c5cc6ccccc6c6ccccc56)cc4)c4ccccc4c3)cc2)cc1. The maximum atomic E-state index is 6.22. The molecule has 0 spiro atoms. The minimum Gasteiger partial charge on any atom is -0.456 e. The van der Waals surface area contributed by atoms with Gasteiger partial charge in [0.05, 0.1) is 5.69 Å². The summed E-state index contributed by atoms with van der Waals surface area (Å²) in [6.45, 7) is 0. The molecule has 2 nitrogen and oxygen atoms in total. The van der Waals surface area contributed by atoms with Crippen LogP contribution in [0.3, 0.4) is 0 Å². The number of para-hydroxylation sites is 1. The predicted molar refractivity (Wildman–Crippen MR) is 288 cm³/mol. The van der Waals surface area contributed by atoms with E-state index in [1.54, 1.807) is 0 Å². The lowest BCUT2D eigenvalue weighted by molar-refractivity contribution is 0.669. The van der Waals surface area contributed by atoms with Crippen LogP contribution in [0, 0.1) is 0 Å². The van der Waals surface area contributed by atoms with Crippen molar-refractivity contribution in [2.45, 2.75) is 0 Å². The molecule has 0 radical (unpaired) electrons. The molecule has 13 aromatic rings. The van der Waals surface area contributed by atoms with E-state index in [2.05, 4.69) is 254 Å². The second kappa shape index (κ2) is 16.5. The standard InChI is InChI=1S/C66H43NO/c1-2-12-44(13-3-1)45-24-28-49(29-25-45)54-40-52-14-4-7-17-58(52)63(41-54)50-32-37-56(38-33-50)67(64-42-53-15-5-6-16-57(53)59-18-8-9-19-60(59)64)55-35-30-47(31-36-55)46-22-26-48(27-23-46)51-34-39-62-61-20-10-11-21-65(61)68-66(62)43-51/h1-43H. The van der Waals surface area contributed by atoms with E-state index in [1.165, 1.54) is 71.3 Å². The molecule has 1 heterocycles. The maximum absolute atomic E-state index is 6.22. The van der Waals surface area contributed by atoms with Gasteiger partial charge in [-0.3, -0.25) is 0 Å². The highest BCUT2D eigenvalue weighted by molar-refractivity contribution is 6.15. The Morgan fingerprint density at radius 3 is 1.34 bits per heavy atom. The molecule has 12 aromatic carbocycles. The number of fused-ring (bicyclic) bond motifs is 7. The summed E-state index contributed by atoms with van der Waals surface area (Å²) in [6, 6.07) is 94.6. The van der Waals surface area contributed by atoms with Crippen LogP contribution >= 0.6 is 0 Å². The molecule has 0 aliphatic rings. The Hall–Kier alpha value is -8.98. The molecule has 0 aliphatic heterocycles. The van der Waals surface area contributed by atoms with Crippen LogP contribution in [0.2, 0.25) is 0 Å². The minimum atomic E-state index is 0.908. The third kappa shape index (κ3) is 6.99. The fourth-order valence-corrected chi connectivity index (χ4v) is 10.2. The van der Waals surface area contributed by atoms with Gasteiger partial charge in [0.15, 0.2) is 0 Å². The zero-order valence-corrected chi connectivity index (χ0v) is 37.2. The summed E-state index contributed by atoms with van der Waals surface area (Å²) in [7, 11) is 0.